The Kier molecular flexibility index (Phi) is 13.3. The molecule has 10 heteroatoms. The minimum Gasteiger partial charge on any atom is -0.494 e. The number of unbranched alkanes of at least 4 members (excludes halogenated alkanes) is 1. The molecule has 0 saturated carbocycles. The van der Waals surface area contributed by atoms with E-state index in [-0.39, 0.29) is 0 Å². The molecule has 9 nitrogen and oxygen atoms in total. The zero-order valence-electron chi connectivity index (χ0n) is 33.9. The van der Waals surface area contributed by atoms with Gasteiger partial charge in [-0.1, -0.05) is 85.7 Å². The van der Waals surface area contributed by atoms with E-state index in [4.69, 9.17) is 30.4 Å². The zero-order chi connectivity index (χ0) is 42.0. The highest BCUT2D eigenvalue weighted by Gasteiger charge is 2.16. The lowest BCUT2D eigenvalue weighted by Crippen LogP contribution is -2.19. The van der Waals surface area contributed by atoms with Gasteiger partial charge in [0.2, 0.25) is 5.13 Å². The van der Waals surface area contributed by atoms with Crippen molar-refractivity contribution in [2.45, 2.75) is 40.0 Å². The predicted molar refractivity (Wildman–Crippen MR) is 243 cm³/mol. The van der Waals surface area contributed by atoms with Gasteiger partial charge in [-0.25, -0.2) is 19.6 Å². The highest BCUT2D eigenvalue weighted by Crippen LogP contribution is 2.34. The lowest BCUT2D eigenvalue weighted by molar-refractivity contribution is -0.130. The van der Waals surface area contributed by atoms with Crippen molar-refractivity contribution in [3.05, 3.63) is 144 Å². The summed E-state index contributed by atoms with van der Waals surface area (Å²) in [7, 11) is 0. The van der Waals surface area contributed by atoms with Crippen LogP contribution in [0.4, 0.5) is 5.13 Å². The van der Waals surface area contributed by atoms with Crippen LogP contribution < -0.4 is 20.2 Å². The lowest BCUT2D eigenvalue weighted by atomic mass is 9.91. The van der Waals surface area contributed by atoms with E-state index in [9.17, 15) is 9.59 Å². The van der Waals surface area contributed by atoms with Crippen LogP contribution in [0.5, 0.6) is 11.5 Å². The number of rotatable bonds is 15. The van der Waals surface area contributed by atoms with Crippen LogP contribution in [0.15, 0.2) is 126 Å². The van der Waals surface area contributed by atoms with Gasteiger partial charge in [0.25, 0.3) is 0 Å². The second kappa shape index (κ2) is 19.3. The summed E-state index contributed by atoms with van der Waals surface area (Å²) < 4.78 is 12.8. The van der Waals surface area contributed by atoms with Gasteiger partial charge < -0.3 is 20.3 Å². The maximum Gasteiger partial charge on any atom is 0.382 e. The van der Waals surface area contributed by atoms with Crippen molar-refractivity contribution >= 4 is 55.6 Å². The van der Waals surface area contributed by atoms with E-state index in [1.54, 1.807) is 29.5 Å². The van der Waals surface area contributed by atoms with Gasteiger partial charge in [0.15, 0.2) is 0 Å². The van der Waals surface area contributed by atoms with Gasteiger partial charge >= 0.3 is 11.9 Å². The maximum atomic E-state index is 13.3. The fourth-order valence-electron chi connectivity index (χ4n) is 6.68. The van der Waals surface area contributed by atoms with Crippen molar-refractivity contribution in [1.29, 1.82) is 0 Å². The molecule has 1 heterocycles. The minimum absolute atomic E-state index is 0.434. The molecule has 0 aliphatic carbocycles. The highest BCUT2D eigenvalue weighted by atomic mass is 32.1. The van der Waals surface area contributed by atoms with Gasteiger partial charge in [-0.05, 0) is 144 Å². The number of aliphatic carboxylic acids is 1. The van der Waals surface area contributed by atoms with Crippen molar-refractivity contribution in [3.8, 4) is 45.6 Å². The molecular formula is C50H46N4O5S. The predicted octanol–water partition coefficient (Wildman–Crippen LogP) is 10.8. The molecule has 0 atom stereocenters. The van der Waals surface area contributed by atoms with Crippen molar-refractivity contribution < 1.29 is 24.2 Å². The Bertz CT molecular complexity index is 2700. The van der Waals surface area contributed by atoms with E-state index in [1.165, 1.54) is 0 Å². The number of nitrogens with two attached hydrogens (primary N) is 1. The molecule has 0 spiro atoms. The van der Waals surface area contributed by atoms with Gasteiger partial charge in [0.05, 0.1) is 28.6 Å². The fourth-order valence-corrected chi connectivity index (χ4v) is 7.63. The van der Waals surface area contributed by atoms with E-state index in [1.807, 2.05) is 96.2 Å². The molecule has 7 rings (SSSR count). The standard InChI is InChI=1S/C50H46N4O5S/c1-33(2)24-26-54(50-53-46-8-4-5-9-47(46)60-50)52-32-41-31-44(34(3)28-45(41)37-13-10-35(11-14-37)12-23-48(55)56)36-17-20-42(21-18-36)59-49(57)40-16-15-39-30-43(22-19-38(39)29-40)58-27-7-6-25-51/h4-5,8-11,13-22,28-33H,6-7,24-27,51H2,1-3H3,(H,55,56)/b52-32+. The van der Waals surface area contributed by atoms with Crippen molar-refractivity contribution in [3.63, 3.8) is 0 Å². The first-order chi connectivity index (χ1) is 29.1. The smallest absolute Gasteiger partial charge is 0.382 e. The summed E-state index contributed by atoms with van der Waals surface area (Å²) in [6.45, 7) is 8.41. The van der Waals surface area contributed by atoms with Crippen molar-refractivity contribution in [2.75, 3.05) is 24.7 Å². The Morgan fingerprint density at radius 1 is 0.867 bits per heavy atom. The molecule has 1 aromatic heterocycles. The molecule has 60 heavy (non-hydrogen) atoms. The van der Waals surface area contributed by atoms with Crippen LogP contribution in [0.3, 0.4) is 0 Å². The van der Waals surface area contributed by atoms with Crippen molar-refractivity contribution in [2.24, 2.45) is 16.8 Å². The third-order valence-electron chi connectivity index (χ3n) is 9.95. The number of carbonyl (C=O) groups excluding carboxylic acids is 1. The minimum atomic E-state index is -1.18. The number of nitrogens with zero attached hydrogens (tertiary/aromatic N) is 3. The van der Waals surface area contributed by atoms with E-state index >= 15 is 0 Å². The summed E-state index contributed by atoms with van der Waals surface area (Å²) in [5.41, 5.74) is 13.3. The topological polar surface area (TPSA) is 127 Å². The molecule has 0 radical (unpaired) electrons. The molecule has 0 saturated heterocycles. The number of thiazole rings is 1. The largest absolute Gasteiger partial charge is 0.494 e. The Morgan fingerprint density at radius 3 is 2.33 bits per heavy atom. The average Bonchev–Trinajstić information content (AvgIpc) is 3.69. The van der Waals surface area contributed by atoms with Crippen LogP contribution in [0.25, 0.3) is 43.2 Å². The Hall–Kier alpha value is -6.80. The average molecular weight is 815 g/mol. The second-order valence-electron chi connectivity index (χ2n) is 14.9. The van der Waals surface area contributed by atoms with E-state index in [0.29, 0.717) is 42.5 Å². The number of hydrogen-bond acceptors (Lipinski definition) is 9. The summed E-state index contributed by atoms with van der Waals surface area (Å²) in [5.74, 6) is 4.94. The third kappa shape index (κ3) is 10.4. The first kappa shape index (κ1) is 41.4. The number of hydrogen-bond donors (Lipinski definition) is 2. The number of fused-ring (bicyclic) bond motifs is 2. The van der Waals surface area contributed by atoms with Gasteiger partial charge in [0, 0.05) is 23.6 Å². The first-order valence-electron chi connectivity index (χ1n) is 20.0. The third-order valence-corrected chi connectivity index (χ3v) is 11.0. The fraction of sp³-hybridized carbons (Fsp3) is 0.200. The summed E-state index contributed by atoms with van der Waals surface area (Å²) in [4.78, 5) is 29.2. The molecular weight excluding hydrogens is 769 g/mol. The van der Waals surface area contributed by atoms with Gasteiger partial charge in [0.1, 0.15) is 11.5 Å². The number of esters is 1. The number of aromatic nitrogens is 1. The summed E-state index contributed by atoms with van der Waals surface area (Å²) in [6, 6.07) is 38.7. The summed E-state index contributed by atoms with van der Waals surface area (Å²) >= 11 is 1.61. The zero-order valence-corrected chi connectivity index (χ0v) is 34.7. The van der Waals surface area contributed by atoms with Crippen LogP contribution in [-0.2, 0) is 4.79 Å². The number of ether oxygens (including phenoxy) is 2. The molecule has 3 N–H and O–H groups in total. The van der Waals surface area contributed by atoms with E-state index < -0.39 is 11.9 Å². The van der Waals surface area contributed by atoms with Crippen LogP contribution in [-0.4, -0.2) is 47.9 Å². The van der Waals surface area contributed by atoms with Gasteiger partial charge in [-0.2, -0.15) is 5.10 Å². The normalized spacial score (nSPS) is 11.2. The van der Waals surface area contributed by atoms with E-state index in [2.05, 4.69) is 50.8 Å². The molecule has 0 aliphatic heterocycles. The SMILES string of the molecule is Cc1cc(-c2ccc(C#CC(=O)O)cc2)c(/C=N/N(CCC(C)C)c2nc3ccccc3s2)cc1-c1ccc(OC(=O)c2ccc3cc(OCCCCN)ccc3c2)cc1. The second-order valence-corrected chi connectivity index (χ2v) is 15.9. The molecule has 0 aliphatic rings. The molecule has 0 amide bonds. The van der Waals surface area contributed by atoms with Gasteiger partial charge in [-0.3, -0.25) is 0 Å². The Labute approximate surface area is 354 Å². The van der Waals surface area contributed by atoms with Crippen LogP contribution >= 0.6 is 11.3 Å². The maximum absolute atomic E-state index is 13.3. The molecule has 6 aromatic carbocycles. The quantitative estimate of drug-likeness (QED) is 0.0262. The van der Waals surface area contributed by atoms with Crippen molar-refractivity contribution in [1.82, 2.24) is 4.98 Å². The number of aryl methyl sites for hydroxylation is 1. The highest BCUT2D eigenvalue weighted by molar-refractivity contribution is 7.22. The van der Waals surface area contributed by atoms with Crippen LogP contribution in [0, 0.1) is 24.7 Å². The molecule has 7 aromatic rings. The lowest BCUT2D eigenvalue weighted by Gasteiger charge is -2.18. The molecule has 302 valence electrons. The van der Waals surface area contributed by atoms with Gasteiger partial charge in [-0.15, -0.1) is 0 Å². The van der Waals surface area contributed by atoms with E-state index in [0.717, 1.165) is 84.5 Å². The number of carboxylic acids is 1. The summed E-state index contributed by atoms with van der Waals surface area (Å²) in [6.07, 6.45) is 4.64. The molecule has 0 unspecified atom stereocenters. The monoisotopic (exact) mass is 814 g/mol. The Morgan fingerprint density at radius 2 is 1.58 bits per heavy atom. The number of hydrazone groups is 1. The molecule has 0 fully saturated rings. The number of benzene rings is 6. The Balaban J connectivity index is 1.16. The molecule has 0 bridgehead atoms. The van der Waals surface area contributed by atoms with Crippen LogP contribution in [0.2, 0.25) is 0 Å². The number of anilines is 1. The van der Waals surface area contributed by atoms with Crippen LogP contribution in [0.1, 0.15) is 60.2 Å². The number of carbonyl (C=O) groups is 2. The number of para-hydroxylation sites is 1. The first-order valence-corrected chi connectivity index (χ1v) is 20.8. The number of carboxylic acid groups (broad SMARTS) is 1. The summed E-state index contributed by atoms with van der Waals surface area (Å²) in [5, 5.41) is 18.8.